The molecule has 0 unspecified atom stereocenters. The fourth-order valence-electron chi connectivity index (χ4n) is 4.36. The predicted molar refractivity (Wildman–Crippen MR) is 150 cm³/mol. The van der Waals surface area contributed by atoms with Gasteiger partial charge in [0.05, 0.1) is 7.11 Å². The number of carbonyl (C=O) groups is 1. The molecule has 0 spiro atoms. The van der Waals surface area contributed by atoms with Gasteiger partial charge >= 0.3 is 12.1 Å². The van der Waals surface area contributed by atoms with E-state index in [1.165, 1.54) is 7.11 Å². The first-order valence-electron chi connectivity index (χ1n) is 12.6. The maximum Gasteiger partial charge on any atom is 0.490 e. The Morgan fingerprint density at radius 1 is 1.02 bits per heavy atom. The van der Waals surface area contributed by atoms with E-state index in [1.807, 2.05) is 30.3 Å². The van der Waals surface area contributed by atoms with Gasteiger partial charge in [-0.25, -0.2) is 27.0 Å². The molecule has 0 radical (unpaired) electrons. The van der Waals surface area contributed by atoms with E-state index in [0.29, 0.717) is 11.6 Å². The SMILES string of the molecule is COc1ncc(-c2ccc3cccc(N4CCNCC4)c3c2)cc1NS(=O)(=O)c1ccc(F)cc1F.O=C(O)C(F)(F)F. The highest BCUT2D eigenvalue weighted by Crippen LogP contribution is 2.34. The summed E-state index contributed by atoms with van der Waals surface area (Å²) in [5.74, 6) is -4.80. The molecule has 5 rings (SSSR count). The lowest BCUT2D eigenvalue weighted by Gasteiger charge is -2.30. The number of aromatic nitrogens is 1. The van der Waals surface area contributed by atoms with Crippen LogP contribution in [0.1, 0.15) is 0 Å². The second-order valence-corrected chi connectivity index (χ2v) is 10.9. The van der Waals surface area contributed by atoms with E-state index in [4.69, 9.17) is 14.6 Å². The number of ether oxygens (including phenoxy) is 1. The van der Waals surface area contributed by atoms with Crippen LogP contribution in [0.5, 0.6) is 5.88 Å². The number of nitrogens with one attached hydrogen (secondary N) is 2. The van der Waals surface area contributed by atoms with Gasteiger partial charge in [-0.15, -0.1) is 0 Å². The van der Waals surface area contributed by atoms with Gasteiger partial charge in [0, 0.05) is 55.1 Å². The summed E-state index contributed by atoms with van der Waals surface area (Å²) in [5, 5.41) is 12.6. The van der Waals surface area contributed by atoms with Gasteiger partial charge in [-0.3, -0.25) is 4.72 Å². The standard InChI is InChI=1S/C26H24F2N4O3S.C2HF3O2/c1-35-26-23(31-36(33,34)25-8-7-20(27)15-22(25)28)14-19(16-30-26)18-6-5-17-3-2-4-24(21(17)13-18)32-11-9-29-10-12-32;3-2(4,5)1(6)7/h2-8,13-16,29,31H,9-12H2,1H3;(H,6,7). The Hall–Kier alpha value is -4.50. The molecule has 1 aliphatic heterocycles. The van der Waals surface area contributed by atoms with E-state index in [0.717, 1.165) is 60.3 Å². The van der Waals surface area contributed by atoms with Gasteiger partial charge in [0.25, 0.3) is 10.0 Å². The topological polar surface area (TPSA) is 121 Å². The number of carboxylic acid groups (broad SMARTS) is 1. The molecule has 1 aromatic heterocycles. The first kappa shape index (κ1) is 31.4. The largest absolute Gasteiger partial charge is 0.490 e. The normalized spacial score (nSPS) is 13.7. The van der Waals surface area contributed by atoms with E-state index in [1.54, 1.807) is 12.3 Å². The summed E-state index contributed by atoms with van der Waals surface area (Å²) in [6.45, 7) is 3.63. The number of sulfonamides is 1. The molecule has 2 heterocycles. The van der Waals surface area contributed by atoms with Gasteiger partial charge < -0.3 is 20.1 Å². The number of carboxylic acids is 1. The Balaban J connectivity index is 0.000000541. The minimum Gasteiger partial charge on any atom is -0.480 e. The Kier molecular flexibility index (Phi) is 9.35. The fourth-order valence-corrected chi connectivity index (χ4v) is 5.46. The van der Waals surface area contributed by atoms with Gasteiger partial charge in [-0.1, -0.05) is 24.3 Å². The second-order valence-electron chi connectivity index (χ2n) is 9.21. The summed E-state index contributed by atoms with van der Waals surface area (Å²) < 4.78 is 92.5. The monoisotopic (exact) mass is 624 g/mol. The van der Waals surface area contributed by atoms with Gasteiger partial charge in [0.1, 0.15) is 22.2 Å². The third-order valence-electron chi connectivity index (χ3n) is 6.36. The number of methoxy groups -OCH3 is 1. The third-order valence-corrected chi connectivity index (χ3v) is 7.76. The first-order valence-corrected chi connectivity index (χ1v) is 14.1. The molecule has 15 heteroatoms. The molecule has 9 nitrogen and oxygen atoms in total. The Bertz CT molecular complexity index is 1750. The van der Waals surface area contributed by atoms with Crippen LogP contribution in [0.4, 0.5) is 33.3 Å². The number of nitrogens with zero attached hydrogens (tertiary/aromatic N) is 2. The van der Waals surface area contributed by atoms with Crippen LogP contribution in [0, 0.1) is 11.6 Å². The number of hydrogen-bond acceptors (Lipinski definition) is 7. The van der Waals surface area contributed by atoms with Crippen molar-refractivity contribution < 1.29 is 45.0 Å². The molecule has 1 fully saturated rings. The minimum absolute atomic E-state index is 0.0205. The van der Waals surface area contributed by atoms with Crippen molar-refractivity contribution >= 4 is 38.1 Å². The van der Waals surface area contributed by atoms with Crippen LogP contribution in [0.25, 0.3) is 21.9 Å². The van der Waals surface area contributed by atoms with Crippen molar-refractivity contribution in [3.05, 3.63) is 78.5 Å². The number of rotatable bonds is 6. The van der Waals surface area contributed by atoms with Crippen LogP contribution >= 0.6 is 0 Å². The number of alkyl halides is 3. The number of hydrogen-bond donors (Lipinski definition) is 3. The molecule has 228 valence electrons. The van der Waals surface area contributed by atoms with Gasteiger partial charge in [0.2, 0.25) is 5.88 Å². The van der Waals surface area contributed by atoms with E-state index in [9.17, 15) is 30.4 Å². The molecule has 1 aliphatic rings. The van der Waals surface area contributed by atoms with Crippen molar-refractivity contribution in [3.8, 4) is 17.0 Å². The lowest BCUT2D eigenvalue weighted by atomic mass is 10.0. The van der Waals surface area contributed by atoms with E-state index < -0.39 is 38.7 Å². The van der Waals surface area contributed by atoms with Gasteiger partial charge in [0.15, 0.2) is 0 Å². The number of halogens is 5. The van der Waals surface area contributed by atoms with Crippen molar-refractivity contribution in [2.45, 2.75) is 11.1 Å². The zero-order valence-electron chi connectivity index (χ0n) is 22.5. The third kappa shape index (κ3) is 7.48. The summed E-state index contributed by atoms with van der Waals surface area (Å²) in [7, 11) is -3.02. The molecule has 0 saturated carbocycles. The van der Waals surface area contributed by atoms with Crippen molar-refractivity contribution in [3.63, 3.8) is 0 Å². The van der Waals surface area contributed by atoms with Gasteiger partial charge in [-0.2, -0.15) is 13.2 Å². The van der Waals surface area contributed by atoms with Crippen LogP contribution in [0.2, 0.25) is 0 Å². The maximum atomic E-state index is 14.2. The molecule has 4 aromatic rings. The second kappa shape index (κ2) is 12.8. The highest BCUT2D eigenvalue weighted by Gasteiger charge is 2.38. The Morgan fingerprint density at radius 3 is 2.35 bits per heavy atom. The van der Waals surface area contributed by atoms with Gasteiger partial charge in [-0.05, 0) is 41.3 Å². The predicted octanol–water partition coefficient (Wildman–Crippen LogP) is 5.03. The molecular weight excluding hydrogens is 599 g/mol. The summed E-state index contributed by atoms with van der Waals surface area (Å²) in [6, 6.07) is 16.0. The highest BCUT2D eigenvalue weighted by molar-refractivity contribution is 7.92. The van der Waals surface area contributed by atoms with Crippen molar-refractivity contribution in [1.29, 1.82) is 0 Å². The van der Waals surface area contributed by atoms with E-state index >= 15 is 0 Å². The molecule has 3 aromatic carbocycles. The quantitative estimate of drug-likeness (QED) is 0.256. The van der Waals surface area contributed by atoms with Crippen LogP contribution in [0.15, 0.2) is 71.8 Å². The van der Waals surface area contributed by atoms with Crippen LogP contribution in [-0.4, -0.2) is 63.9 Å². The molecule has 0 atom stereocenters. The number of pyridine rings is 1. The maximum absolute atomic E-state index is 14.2. The molecule has 43 heavy (non-hydrogen) atoms. The molecule has 0 aliphatic carbocycles. The smallest absolute Gasteiger partial charge is 0.480 e. The summed E-state index contributed by atoms with van der Waals surface area (Å²) >= 11 is 0. The van der Waals surface area contributed by atoms with Crippen LogP contribution < -0.4 is 19.7 Å². The average molecular weight is 625 g/mol. The van der Waals surface area contributed by atoms with E-state index in [2.05, 4.69) is 26.0 Å². The average Bonchev–Trinajstić information content (AvgIpc) is 2.96. The number of aliphatic carboxylic acids is 1. The van der Waals surface area contributed by atoms with Crippen LogP contribution in [-0.2, 0) is 14.8 Å². The first-order chi connectivity index (χ1) is 20.3. The van der Waals surface area contributed by atoms with Crippen molar-refractivity contribution in [2.24, 2.45) is 0 Å². The zero-order chi connectivity index (χ0) is 31.4. The lowest BCUT2D eigenvalue weighted by Crippen LogP contribution is -2.43. The van der Waals surface area contributed by atoms with Crippen LogP contribution in [0.3, 0.4) is 0 Å². The molecule has 0 amide bonds. The number of benzene rings is 3. The molecular formula is C28H25F5N4O5S. The minimum atomic E-state index is -5.08. The van der Waals surface area contributed by atoms with Crippen molar-refractivity contribution in [2.75, 3.05) is 42.9 Å². The fraction of sp³-hybridized carbons (Fsp3) is 0.214. The highest BCUT2D eigenvalue weighted by atomic mass is 32.2. The Labute approximate surface area is 243 Å². The molecule has 0 bridgehead atoms. The summed E-state index contributed by atoms with van der Waals surface area (Å²) in [6.07, 6.45) is -3.50. The number of piperazine rings is 1. The summed E-state index contributed by atoms with van der Waals surface area (Å²) in [4.78, 5) is 14.8. The lowest BCUT2D eigenvalue weighted by molar-refractivity contribution is -0.192. The number of anilines is 2. The number of fused-ring (bicyclic) bond motifs is 1. The Morgan fingerprint density at radius 2 is 1.72 bits per heavy atom. The zero-order valence-corrected chi connectivity index (χ0v) is 23.3. The summed E-state index contributed by atoms with van der Waals surface area (Å²) in [5.41, 5.74) is 2.64. The van der Waals surface area contributed by atoms with E-state index in [-0.39, 0.29) is 11.6 Å². The molecule has 3 N–H and O–H groups in total. The molecule has 1 saturated heterocycles. The van der Waals surface area contributed by atoms with Crippen molar-refractivity contribution in [1.82, 2.24) is 10.3 Å².